The molecule has 0 saturated carbocycles. The molecule has 2 aromatic carbocycles. The molecule has 0 unspecified atom stereocenters. The average molecular weight is 356 g/mol. The SMILES string of the molecule is CC(C)(C)OC(=O)Nc1ccc(NC(=O)/C=C/c2cccc(F)c2)cc1. The first-order valence-corrected chi connectivity index (χ1v) is 8.06. The highest BCUT2D eigenvalue weighted by molar-refractivity contribution is 6.02. The van der Waals surface area contributed by atoms with E-state index in [1.54, 1.807) is 57.2 Å². The van der Waals surface area contributed by atoms with Crippen molar-refractivity contribution in [3.05, 3.63) is 66.0 Å². The zero-order valence-electron chi connectivity index (χ0n) is 14.9. The number of anilines is 2. The van der Waals surface area contributed by atoms with Gasteiger partial charge in [-0.15, -0.1) is 0 Å². The number of halogens is 1. The van der Waals surface area contributed by atoms with E-state index in [0.717, 1.165) is 0 Å². The van der Waals surface area contributed by atoms with Gasteiger partial charge in [-0.05, 0) is 68.8 Å². The number of carbonyl (C=O) groups is 2. The molecule has 0 heterocycles. The summed E-state index contributed by atoms with van der Waals surface area (Å²) in [5.41, 5.74) is 1.13. The van der Waals surface area contributed by atoms with E-state index in [0.29, 0.717) is 16.9 Å². The molecule has 0 spiro atoms. The maximum absolute atomic E-state index is 13.1. The molecular formula is C20H21FN2O3. The highest BCUT2D eigenvalue weighted by atomic mass is 19.1. The van der Waals surface area contributed by atoms with Crippen LogP contribution in [0, 0.1) is 5.82 Å². The number of carbonyl (C=O) groups excluding carboxylic acids is 2. The van der Waals surface area contributed by atoms with Crippen LogP contribution in [0.4, 0.5) is 20.6 Å². The van der Waals surface area contributed by atoms with Crippen molar-refractivity contribution in [3.8, 4) is 0 Å². The Hall–Kier alpha value is -3.15. The third-order valence-corrected chi connectivity index (χ3v) is 3.07. The van der Waals surface area contributed by atoms with Crippen molar-refractivity contribution in [1.29, 1.82) is 0 Å². The molecule has 0 aliphatic carbocycles. The first kappa shape index (κ1) is 19.2. The number of amides is 2. The Bertz CT molecular complexity index is 809. The van der Waals surface area contributed by atoms with E-state index in [2.05, 4.69) is 10.6 Å². The second-order valence-corrected chi connectivity index (χ2v) is 6.58. The minimum absolute atomic E-state index is 0.345. The topological polar surface area (TPSA) is 67.4 Å². The molecule has 0 radical (unpaired) electrons. The van der Waals surface area contributed by atoms with Gasteiger partial charge in [0.05, 0.1) is 0 Å². The minimum Gasteiger partial charge on any atom is -0.444 e. The molecule has 0 aromatic heterocycles. The van der Waals surface area contributed by atoms with Crippen LogP contribution in [-0.4, -0.2) is 17.6 Å². The van der Waals surface area contributed by atoms with Crippen molar-refractivity contribution in [2.75, 3.05) is 10.6 Å². The van der Waals surface area contributed by atoms with Gasteiger partial charge in [-0.3, -0.25) is 10.1 Å². The van der Waals surface area contributed by atoms with Crippen LogP contribution < -0.4 is 10.6 Å². The third kappa shape index (κ3) is 6.76. The minimum atomic E-state index is -0.577. The summed E-state index contributed by atoms with van der Waals surface area (Å²) in [7, 11) is 0. The number of rotatable bonds is 4. The Labute approximate surface area is 151 Å². The quantitative estimate of drug-likeness (QED) is 0.772. The standard InChI is InChI=1S/C20H21FN2O3/c1-20(2,3)26-19(25)23-17-10-8-16(9-11-17)22-18(24)12-7-14-5-4-6-15(21)13-14/h4-13H,1-3H3,(H,22,24)(H,23,25)/b12-7+. The number of hydrogen-bond acceptors (Lipinski definition) is 3. The summed E-state index contributed by atoms with van der Waals surface area (Å²) in [6, 6.07) is 12.5. The van der Waals surface area contributed by atoms with Gasteiger partial charge in [0.25, 0.3) is 0 Å². The monoisotopic (exact) mass is 356 g/mol. The molecule has 136 valence electrons. The fourth-order valence-electron chi connectivity index (χ4n) is 2.02. The Morgan fingerprint density at radius 3 is 2.19 bits per heavy atom. The van der Waals surface area contributed by atoms with Gasteiger partial charge in [0.1, 0.15) is 11.4 Å². The predicted octanol–water partition coefficient (Wildman–Crippen LogP) is 4.82. The maximum atomic E-state index is 13.1. The second kappa shape index (κ2) is 8.29. The van der Waals surface area contributed by atoms with Gasteiger partial charge in [-0.2, -0.15) is 0 Å². The number of hydrogen-bond donors (Lipinski definition) is 2. The summed E-state index contributed by atoms with van der Waals surface area (Å²) < 4.78 is 18.2. The van der Waals surface area contributed by atoms with E-state index in [1.807, 2.05) is 0 Å². The molecule has 2 amide bonds. The van der Waals surface area contributed by atoms with Gasteiger partial charge in [0.15, 0.2) is 0 Å². The van der Waals surface area contributed by atoms with Gasteiger partial charge in [0, 0.05) is 17.5 Å². The lowest BCUT2D eigenvalue weighted by atomic mass is 10.2. The van der Waals surface area contributed by atoms with Crippen molar-refractivity contribution >= 4 is 29.5 Å². The molecule has 26 heavy (non-hydrogen) atoms. The van der Waals surface area contributed by atoms with E-state index in [1.165, 1.54) is 24.3 Å². The molecule has 6 heteroatoms. The molecular weight excluding hydrogens is 335 g/mol. The first-order chi connectivity index (χ1) is 12.2. The van der Waals surface area contributed by atoms with Crippen LogP contribution in [-0.2, 0) is 9.53 Å². The van der Waals surface area contributed by atoms with E-state index >= 15 is 0 Å². The Morgan fingerprint density at radius 2 is 1.62 bits per heavy atom. The lowest BCUT2D eigenvalue weighted by molar-refractivity contribution is -0.111. The van der Waals surface area contributed by atoms with E-state index in [9.17, 15) is 14.0 Å². The number of benzene rings is 2. The second-order valence-electron chi connectivity index (χ2n) is 6.58. The van der Waals surface area contributed by atoms with Crippen LogP contribution in [0.25, 0.3) is 6.08 Å². The van der Waals surface area contributed by atoms with Crippen LogP contribution in [0.15, 0.2) is 54.6 Å². The normalized spacial score (nSPS) is 11.2. The molecule has 5 nitrogen and oxygen atoms in total. The van der Waals surface area contributed by atoms with Crippen LogP contribution in [0.2, 0.25) is 0 Å². The van der Waals surface area contributed by atoms with E-state index < -0.39 is 11.7 Å². The highest BCUT2D eigenvalue weighted by Gasteiger charge is 2.16. The van der Waals surface area contributed by atoms with Crippen molar-refractivity contribution < 1.29 is 18.7 Å². The maximum Gasteiger partial charge on any atom is 0.412 e. The molecule has 0 aliphatic rings. The fraction of sp³-hybridized carbons (Fsp3) is 0.200. The van der Waals surface area contributed by atoms with Crippen LogP contribution in [0.5, 0.6) is 0 Å². The summed E-state index contributed by atoms with van der Waals surface area (Å²) in [5.74, 6) is -0.706. The molecule has 0 aliphatic heterocycles. The molecule has 2 rings (SSSR count). The lowest BCUT2D eigenvalue weighted by Gasteiger charge is -2.19. The molecule has 0 bridgehead atoms. The third-order valence-electron chi connectivity index (χ3n) is 3.07. The van der Waals surface area contributed by atoms with Crippen molar-refractivity contribution in [3.63, 3.8) is 0 Å². The number of ether oxygens (including phenoxy) is 1. The largest absolute Gasteiger partial charge is 0.444 e. The Morgan fingerprint density at radius 1 is 1.00 bits per heavy atom. The van der Waals surface area contributed by atoms with Crippen LogP contribution >= 0.6 is 0 Å². The fourth-order valence-corrected chi connectivity index (χ4v) is 2.02. The summed E-state index contributed by atoms with van der Waals surface area (Å²) in [6.45, 7) is 5.34. The molecule has 0 atom stereocenters. The summed E-state index contributed by atoms with van der Waals surface area (Å²) in [5, 5.41) is 5.29. The summed E-state index contributed by atoms with van der Waals surface area (Å²) in [6.07, 6.45) is 2.30. The van der Waals surface area contributed by atoms with Crippen molar-refractivity contribution in [2.24, 2.45) is 0 Å². The molecule has 0 fully saturated rings. The summed E-state index contributed by atoms with van der Waals surface area (Å²) >= 11 is 0. The van der Waals surface area contributed by atoms with Crippen molar-refractivity contribution in [1.82, 2.24) is 0 Å². The molecule has 0 saturated heterocycles. The van der Waals surface area contributed by atoms with Gasteiger partial charge >= 0.3 is 6.09 Å². The van der Waals surface area contributed by atoms with Crippen molar-refractivity contribution in [2.45, 2.75) is 26.4 Å². The van der Waals surface area contributed by atoms with Gasteiger partial charge in [-0.1, -0.05) is 12.1 Å². The highest BCUT2D eigenvalue weighted by Crippen LogP contribution is 2.15. The van der Waals surface area contributed by atoms with Crippen LogP contribution in [0.3, 0.4) is 0 Å². The van der Waals surface area contributed by atoms with Gasteiger partial charge in [0.2, 0.25) is 5.91 Å². The van der Waals surface area contributed by atoms with Crippen LogP contribution in [0.1, 0.15) is 26.3 Å². The zero-order chi connectivity index (χ0) is 19.2. The molecule has 2 aromatic rings. The summed E-state index contributed by atoms with van der Waals surface area (Å²) in [4.78, 5) is 23.6. The van der Waals surface area contributed by atoms with E-state index in [-0.39, 0.29) is 11.7 Å². The van der Waals surface area contributed by atoms with E-state index in [4.69, 9.17) is 4.74 Å². The first-order valence-electron chi connectivity index (χ1n) is 8.06. The molecule has 2 N–H and O–H groups in total. The lowest BCUT2D eigenvalue weighted by Crippen LogP contribution is -2.27. The average Bonchev–Trinajstić information content (AvgIpc) is 2.53. The Kier molecular flexibility index (Phi) is 6.11. The van der Waals surface area contributed by atoms with Gasteiger partial charge in [-0.25, -0.2) is 9.18 Å². The van der Waals surface area contributed by atoms with Gasteiger partial charge < -0.3 is 10.1 Å². The zero-order valence-corrected chi connectivity index (χ0v) is 14.9. The smallest absolute Gasteiger partial charge is 0.412 e. The predicted molar refractivity (Wildman–Crippen MR) is 100 cm³/mol. The number of nitrogens with one attached hydrogen (secondary N) is 2. The Balaban J connectivity index is 1.90.